The topological polar surface area (TPSA) is 51.2 Å². The van der Waals surface area contributed by atoms with Gasteiger partial charge < -0.3 is 0 Å². The number of Topliss-reactive ketones (excluding diaryl/α,β-unsaturated/α-hetero) is 3. The summed E-state index contributed by atoms with van der Waals surface area (Å²) in [5.74, 6) is -1.96. The zero-order chi connectivity index (χ0) is 9.14. The van der Waals surface area contributed by atoms with Crippen LogP contribution < -0.4 is 0 Å². The Hall–Kier alpha value is -0.990. The maximum atomic E-state index is 11.2. The molecule has 0 amide bonds. The second-order valence-electron chi connectivity index (χ2n) is 3.11. The van der Waals surface area contributed by atoms with Crippen LogP contribution in [0.2, 0.25) is 0 Å². The van der Waals surface area contributed by atoms with Gasteiger partial charge in [-0.1, -0.05) is 6.92 Å². The van der Waals surface area contributed by atoms with E-state index in [0.717, 1.165) is 0 Å². The number of ketones is 3. The van der Waals surface area contributed by atoms with Crippen molar-refractivity contribution in [3.63, 3.8) is 0 Å². The van der Waals surface area contributed by atoms with E-state index in [4.69, 9.17) is 0 Å². The van der Waals surface area contributed by atoms with Crippen LogP contribution in [-0.4, -0.2) is 17.3 Å². The van der Waals surface area contributed by atoms with Crippen molar-refractivity contribution in [2.75, 3.05) is 0 Å². The Kier molecular flexibility index (Phi) is 2.74. The Balaban J connectivity index is 2.80. The lowest BCUT2D eigenvalue weighted by Gasteiger charge is -2.06. The van der Waals surface area contributed by atoms with E-state index in [2.05, 4.69) is 0 Å². The molecule has 1 fully saturated rings. The normalized spacial score (nSPS) is 25.8. The van der Waals surface area contributed by atoms with Crippen LogP contribution in [0.3, 0.4) is 0 Å². The number of rotatable bonds is 1. The third-order valence-electron chi connectivity index (χ3n) is 2.30. The number of carbonyl (C=O) groups excluding carboxylic acids is 3. The Morgan fingerprint density at radius 1 is 1.33 bits per heavy atom. The molecule has 0 radical (unpaired) electrons. The van der Waals surface area contributed by atoms with Crippen LogP contribution in [0.15, 0.2) is 0 Å². The molecule has 0 aliphatic heterocycles. The molecule has 0 aromatic carbocycles. The van der Waals surface area contributed by atoms with Gasteiger partial charge in [0, 0.05) is 12.3 Å². The third-order valence-corrected chi connectivity index (χ3v) is 2.30. The van der Waals surface area contributed by atoms with Crippen LogP contribution in [0.5, 0.6) is 0 Å². The molecule has 1 rings (SSSR count). The largest absolute Gasteiger partial charge is 0.290 e. The first-order valence-electron chi connectivity index (χ1n) is 4.28. The molecule has 0 aromatic rings. The highest BCUT2D eigenvalue weighted by Crippen LogP contribution is 2.18. The number of hydrogen-bond acceptors (Lipinski definition) is 3. The molecular weight excluding hydrogens is 156 g/mol. The molecule has 1 saturated carbocycles. The molecule has 3 nitrogen and oxygen atoms in total. The van der Waals surface area contributed by atoms with E-state index in [9.17, 15) is 14.4 Å². The van der Waals surface area contributed by atoms with E-state index in [1.807, 2.05) is 6.92 Å². The van der Waals surface area contributed by atoms with Gasteiger partial charge in [-0.3, -0.25) is 14.4 Å². The highest BCUT2D eigenvalue weighted by Gasteiger charge is 2.31. The van der Waals surface area contributed by atoms with Gasteiger partial charge >= 0.3 is 0 Å². The van der Waals surface area contributed by atoms with Gasteiger partial charge in [0.15, 0.2) is 0 Å². The lowest BCUT2D eigenvalue weighted by atomic mass is 9.96. The molecule has 1 unspecified atom stereocenters. The fourth-order valence-electron chi connectivity index (χ4n) is 1.47. The molecule has 0 N–H and O–H groups in total. The van der Waals surface area contributed by atoms with Gasteiger partial charge in [-0.15, -0.1) is 0 Å². The van der Waals surface area contributed by atoms with Gasteiger partial charge in [-0.25, -0.2) is 0 Å². The summed E-state index contributed by atoms with van der Waals surface area (Å²) in [4.78, 5) is 33.1. The molecule has 12 heavy (non-hydrogen) atoms. The van der Waals surface area contributed by atoms with Crippen LogP contribution >= 0.6 is 0 Å². The van der Waals surface area contributed by atoms with Crippen LogP contribution in [0.4, 0.5) is 0 Å². The first-order chi connectivity index (χ1) is 5.66. The summed E-state index contributed by atoms with van der Waals surface area (Å²) in [5, 5.41) is 0. The van der Waals surface area contributed by atoms with Crippen molar-refractivity contribution in [2.24, 2.45) is 5.92 Å². The maximum Gasteiger partial charge on any atom is 0.264 e. The van der Waals surface area contributed by atoms with Crippen molar-refractivity contribution in [1.82, 2.24) is 0 Å². The van der Waals surface area contributed by atoms with Crippen molar-refractivity contribution in [3.8, 4) is 0 Å². The maximum absolute atomic E-state index is 11.2. The first-order valence-corrected chi connectivity index (χ1v) is 4.28. The first kappa shape index (κ1) is 9.10. The zero-order valence-electron chi connectivity index (χ0n) is 7.13. The molecule has 0 aromatic heterocycles. The molecule has 0 bridgehead atoms. The minimum Gasteiger partial charge on any atom is -0.290 e. The fraction of sp³-hybridized carbons (Fsp3) is 0.667. The number of carbonyl (C=O) groups is 3. The van der Waals surface area contributed by atoms with Crippen LogP contribution in [0, 0.1) is 5.92 Å². The van der Waals surface area contributed by atoms with E-state index >= 15 is 0 Å². The monoisotopic (exact) mass is 168 g/mol. The summed E-state index contributed by atoms with van der Waals surface area (Å²) >= 11 is 0. The fourth-order valence-corrected chi connectivity index (χ4v) is 1.47. The third kappa shape index (κ3) is 1.60. The highest BCUT2D eigenvalue weighted by molar-refractivity contribution is 6.64. The van der Waals surface area contributed by atoms with Crippen molar-refractivity contribution in [3.05, 3.63) is 0 Å². The van der Waals surface area contributed by atoms with Crippen molar-refractivity contribution >= 4 is 17.3 Å². The minimum absolute atomic E-state index is 0.205. The smallest absolute Gasteiger partial charge is 0.264 e. The molecule has 0 saturated heterocycles. The molecule has 0 heterocycles. The second-order valence-corrected chi connectivity index (χ2v) is 3.11. The summed E-state index contributed by atoms with van der Waals surface area (Å²) in [7, 11) is 0. The van der Waals surface area contributed by atoms with Gasteiger partial charge in [0.25, 0.3) is 5.78 Å². The highest BCUT2D eigenvalue weighted by atomic mass is 16.2. The summed E-state index contributed by atoms with van der Waals surface area (Å²) in [5.41, 5.74) is 0. The Bertz CT molecular complexity index is 230. The quantitative estimate of drug-likeness (QED) is 0.432. The molecule has 1 aliphatic rings. The standard InChI is InChI=1S/C9H12O3/c1-2-6-4-3-5-7(10)9(12)8(6)11/h6H,2-5H2,1H3. The summed E-state index contributed by atoms with van der Waals surface area (Å²) in [6.45, 7) is 1.87. The lowest BCUT2D eigenvalue weighted by molar-refractivity contribution is -0.144. The van der Waals surface area contributed by atoms with Gasteiger partial charge in [0.1, 0.15) is 0 Å². The van der Waals surface area contributed by atoms with Gasteiger partial charge in [0.05, 0.1) is 0 Å². The van der Waals surface area contributed by atoms with Crippen molar-refractivity contribution in [1.29, 1.82) is 0 Å². The predicted octanol–water partition coefficient (Wildman–Crippen LogP) is 0.904. The van der Waals surface area contributed by atoms with Crippen LogP contribution in [-0.2, 0) is 14.4 Å². The van der Waals surface area contributed by atoms with E-state index in [0.29, 0.717) is 19.3 Å². The lowest BCUT2D eigenvalue weighted by Crippen LogP contribution is -2.26. The summed E-state index contributed by atoms with van der Waals surface area (Å²) < 4.78 is 0. The van der Waals surface area contributed by atoms with Crippen LogP contribution in [0.1, 0.15) is 32.6 Å². The van der Waals surface area contributed by atoms with Gasteiger partial charge in [-0.05, 0) is 19.3 Å². The molecule has 0 spiro atoms. The SMILES string of the molecule is CCC1CCCC(=O)C(=O)C1=O. The molecule has 66 valence electrons. The minimum atomic E-state index is -0.778. The molecule has 1 atom stereocenters. The van der Waals surface area contributed by atoms with Crippen LogP contribution in [0.25, 0.3) is 0 Å². The Morgan fingerprint density at radius 3 is 2.58 bits per heavy atom. The van der Waals surface area contributed by atoms with E-state index in [1.165, 1.54) is 0 Å². The average Bonchev–Trinajstić information content (AvgIpc) is 2.19. The molecular formula is C9H12O3. The van der Waals surface area contributed by atoms with Gasteiger partial charge in [0.2, 0.25) is 11.6 Å². The van der Waals surface area contributed by atoms with Crippen molar-refractivity contribution in [2.45, 2.75) is 32.6 Å². The van der Waals surface area contributed by atoms with E-state index in [-0.39, 0.29) is 12.3 Å². The Morgan fingerprint density at radius 2 is 2.00 bits per heavy atom. The number of hydrogen-bond donors (Lipinski definition) is 0. The second kappa shape index (κ2) is 3.61. The Labute approximate surface area is 71.1 Å². The summed E-state index contributed by atoms with van der Waals surface area (Å²) in [6.07, 6.45) is 2.28. The van der Waals surface area contributed by atoms with E-state index < -0.39 is 17.3 Å². The van der Waals surface area contributed by atoms with Crippen molar-refractivity contribution < 1.29 is 14.4 Å². The summed E-state index contributed by atoms with van der Waals surface area (Å²) in [6, 6.07) is 0. The predicted molar refractivity (Wildman–Crippen MR) is 42.7 cm³/mol. The molecule has 1 aliphatic carbocycles. The zero-order valence-corrected chi connectivity index (χ0v) is 7.13. The molecule has 3 heteroatoms. The van der Waals surface area contributed by atoms with Gasteiger partial charge in [-0.2, -0.15) is 0 Å². The van der Waals surface area contributed by atoms with E-state index in [1.54, 1.807) is 0 Å². The average molecular weight is 168 g/mol.